The maximum Gasteiger partial charge on any atom is 0.267 e. The summed E-state index contributed by atoms with van der Waals surface area (Å²) in [6.45, 7) is 9.81. The van der Waals surface area contributed by atoms with Gasteiger partial charge in [-0.05, 0) is 57.9 Å². The number of anilines is 1. The van der Waals surface area contributed by atoms with E-state index in [0.717, 1.165) is 28.2 Å². The van der Waals surface area contributed by atoms with Crippen LogP contribution in [0.5, 0.6) is 0 Å². The van der Waals surface area contributed by atoms with Gasteiger partial charge in [-0.3, -0.25) is 4.79 Å². The molecule has 5 nitrogen and oxygen atoms in total. The van der Waals surface area contributed by atoms with Gasteiger partial charge in [0, 0.05) is 11.4 Å². The molecule has 1 amide bonds. The first-order valence-corrected chi connectivity index (χ1v) is 8.57. The maximum absolute atomic E-state index is 12.7. The summed E-state index contributed by atoms with van der Waals surface area (Å²) in [7, 11) is 0. The lowest BCUT2D eigenvalue weighted by Crippen LogP contribution is -2.12. The Bertz CT molecular complexity index is 923. The number of carbonyl (C=O) groups excluding carboxylic acids is 1. The molecule has 6 heteroatoms. The van der Waals surface area contributed by atoms with Gasteiger partial charge in [0.2, 0.25) is 5.13 Å². The first kappa shape index (κ1) is 16.4. The first-order chi connectivity index (χ1) is 11.4. The van der Waals surface area contributed by atoms with Crippen LogP contribution >= 0.6 is 11.3 Å². The van der Waals surface area contributed by atoms with E-state index >= 15 is 0 Å². The second kappa shape index (κ2) is 6.20. The zero-order valence-electron chi connectivity index (χ0n) is 14.5. The number of rotatable bonds is 3. The maximum atomic E-state index is 12.7. The van der Waals surface area contributed by atoms with Crippen LogP contribution < -0.4 is 5.32 Å². The van der Waals surface area contributed by atoms with Gasteiger partial charge in [0.1, 0.15) is 4.88 Å². The number of benzene rings is 1. The highest BCUT2D eigenvalue weighted by atomic mass is 32.1. The molecule has 2 aromatic heterocycles. The molecule has 0 spiro atoms. The number of aromatic nitrogens is 3. The van der Waals surface area contributed by atoms with Gasteiger partial charge in [-0.15, -0.1) is 0 Å². The van der Waals surface area contributed by atoms with Crippen molar-refractivity contribution in [2.45, 2.75) is 34.6 Å². The van der Waals surface area contributed by atoms with Crippen LogP contribution in [-0.4, -0.2) is 20.7 Å². The highest BCUT2D eigenvalue weighted by molar-refractivity contribution is 7.16. The molecule has 0 atom stereocenters. The van der Waals surface area contributed by atoms with Crippen molar-refractivity contribution in [3.8, 4) is 5.13 Å². The zero-order chi connectivity index (χ0) is 17.4. The van der Waals surface area contributed by atoms with E-state index in [1.54, 1.807) is 4.68 Å². The average molecular weight is 340 g/mol. The standard InChI is InChI=1S/C18H20N4OS/c1-10-7-6-8-15(13(10)4)20-17(23)16-14(5)19-18(24-16)22-12(3)9-11(2)21-22/h6-9H,1-5H3,(H,20,23). The van der Waals surface area contributed by atoms with Crippen molar-refractivity contribution in [2.75, 3.05) is 5.32 Å². The minimum Gasteiger partial charge on any atom is -0.321 e. The number of amides is 1. The lowest BCUT2D eigenvalue weighted by Gasteiger charge is -2.09. The predicted molar refractivity (Wildman–Crippen MR) is 97.3 cm³/mol. The third-order valence-corrected chi connectivity index (χ3v) is 5.17. The van der Waals surface area contributed by atoms with Gasteiger partial charge in [-0.25, -0.2) is 9.67 Å². The second-order valence-electron chi connectivity index (χ2n) is 5.95. The Morgan fingerprint density at radius 3 is 2.58 bits per heavy atom. The lowest BCUT2D eigenvalue weighted by atomic mass is 10.1. The molecule has 1 aromatic carbocycles. The van der Waals surface area contributed by atoms with Gasteiger partial charge >= 0.3 is 0 Å². The van der Waals surface area contributed by atoms with Crippen LogP contribution in [0.1, 0.15) is 37.9 Å². The summed E-state index contributed by atoms with van der Waals surface area (Å²) in [5.41, 5.74) is 5.71. The van der Waals surface area contributed by atoms with E-state index in [1.807, 2.05) is 58.9 Å². The van der Waals surface area contributed by atoms with Crippen LogP contribution in [0.15, 0.2) is 24.3 Å². The minimum atomic E-state index is -0.133. The van der Waals surface area contributed by atoms with Gasteiger partial charge in [-0.1, -0.05) is 23.5 Å². The SMILES string of the molecule is Cc1cc(C)n(-c2nc(C)c(C(=O)Nc3cccc(C)c3C)s2)n1. The van der Waals surface area contributed by atoms with E-state index in [2.05, 4.69) is 15.4 Å². The number of carbonyl (C=O) groups is 1. The molecule has 0 aliphatic carbocycles. The van der Waals surface area contributed by atoms with Crippen LogP contribution in [0, 0.1) is 34.6 Å². The third-order valence-electron chi connectivity index (χ3n) is 4.04. The summed E-state index contributed by atoms with van der Waals surface area (Å²) in [5, 5.41) is 8.14. The Balaban J connectivity index is 1.91. The predicted octanol–water partition coefficient (Wildman–Crippen LogP) is 4.12. The van der Waals surface area contributed by atoms with Gasteiger partial charge in [0.25, 0.3) is 5.91 Å². The van der Waals surface area contributed by atoms with Gasteiger partial charge in [0.05, 0.1) is 11.4 Å². The Morgan fingerprint density at radius 2 is 1.92 bits per heavy atom. The Kier molecular flexibility index (Phi) is 4.24. The van der Waals surface area contributed by atoms with E-state index in [9.17, 15) is 4.79 Å². The molecule has 3 rings (SSSR count). The smallest absolute Gasteiger partial charge is 0.267 e. The van der Waals surface area contributed by atoms with Crippen molar-refractivity contribution in [3.63, 3.8) is 0 Å². The summed E-state index contributed by atoms with van der Waals surface area (Å²) in [4.78, 5) is 17.8. The average Bonchev–Trinajstić information content (AvgIpc) is 3.06. The lowest BCUT2D eigenvalue weighted by molar-refractivity contribution is 0.102. The van der Waals surface area contributed by atoms with E-state index < -0.39 is 0 Å². The molecule has 3 aromatic rings. The van der Waals surface area contributed by atoms with E-state index in [0.29, 0.717) is 15.7 Å². The Labute approximate surface area is 145 Å². The molecule has 24 heavy (non-hydrogen) atoms. The minimum absolute atomic E-state index is 0.133. The fraction of sp³-hybridized carbons (Fsp3) is 0.278. The molecule has 124 valence electrons. The quantitative estimate of drug-likeness (QED) is 0.780. The molecule has 0 bridgehead atoms. The van der Waals surface area contributed by atoms with E-state index in [4.69, 9.17) is 0 Å². The summed E-state index contributed by atoms with van der Waals surface area (Å²) in [5.74, 6) is -0.133. The van der Waals surface area contributed by atoms with Crippen molar-refractivity contribution in [1.82, 2.24) is 14.8 Å². The van der Waals surface area contributed by atoms with Crippen molar-refractivity contribution < 1.29 is 4.79 Å². The third kappa shape index (κ3) is 2.97. The van der Waals surface area contributed by atoms with E-state index in [-0.39, 0.29) is 5.91 Å². The van der Waals surface area contributed by atoms with Crippen LogP contribution in [0.25, 0.3) is 5.13 Å². The number of nitrogens with one attached hydrogen (secondary N) is 1. The summed E-state index contributed by atoms with van der Waals surface area (Å²) in [6, 6.07) is 7.88. The van der Waals surface area contributed by atoms with E-state index in [1.165, 1.54) is 11.3 Å². The molecule has 0 fully saturated rings. The number of hydrogen-bond acceptors (Lipinski definition) is 4. The van der Waals surface area contributed by atoms with Crippen molar-refractivity contribution in [1.29, 1.82) is 0 Å². The first-order valence-electron chi connectivity index (χ1n) is 7.75. The highest BCUT2D eigenvalue weighted by Gasteiger charge is 2.18. The van der Waals surface area contributed by atoms with Crippen molar-refractivity contribution >= 4 is 22.9 Å². The molecule has 0 saturated carbocycles. The fourth-order valence-electron chi connectivity index (χ4n) is 2.57. The van der Waals surface area contributed by atoms with Crippen LogP contribution in [0.2, 0.25) is 0 Å². The molecule has 2 heterocycles. The fourth-order valence-corrected chi connectivity index (χ4v) is 3.55. The largest absolute Gasteiger partial charge is 0.321 e. The number of aryl methyl sites for hydroxylation is 4. The van der Waals surface area contributed by atoms with Gasteiger partial charge in [-0.2, -0.15) is 5.10 Å². The highest BCUT2D eigenvalue weighted by Crippen LogP contribution is 2.25. The molecule has 0 aliphatic heterocycles. The molecule has 0 unspecified atom stereocenters. The molecule has 0 radical (unpaired) electrons. The molecule has 0 saturated heterocycles. The summed E-state index contributed by atoms with van der Waals surface area (Å²) < 4.78 is 1.78. The normalized spacial score (nSPS) is 10.9. The summed E-state index contributed by atoms with van der Waals surface area (Å²) in [6.07, 6.45) is 0. The van der Waals surface area contributed by atoms with Crippen LogP contribution in [0.4, 0.5) is 5.69 Å². The zero-order valence-corrected chi connectivity index (χ0v) is 15.3. The van der Waals surface area contributed by atoms with Crippen LogP contribution in [-0.2, 0) is 0 Å². The molecular weight excluding hydrogens is 320 g/mol. The van der Waals surface area contributed by atoms with Crippen molar-refractivity contribution in [3.05, 3.63) is 57.4 Å². The number of nitrogens with zero attached hydrogens (tertiary/aromatic N) is 3. The molecular formula is C18H20N4OS. The second-order valence-corrected chi connectivity index (χ2v) is 6.93. The Morgan fingerprint density at radius 1 is 1.17 bits per heavy atom. The van der Waals surface area contributed by atoms with Crippen molar-refractivity contribution in [2.24, 2.45) is 0 Å². The van der Waals surface area contributed by atoms with Gasteiger partial charge in [0.15, 0.2) is 0 Å². The van der Waals surface area contributed by atoms with Crippen LogP contribution in [0.3, 0.4) is 0 Å². The van der Waals surface area contributed by atoms with Gasteiger partial charge < -0.3 is 5.32 Å². The Hall–Kier alpha value is -2.47. The monoisotopic (exact) mass is 340 g/mol. The topological polar surface area (TPSA) is 59.8 Å². The number of hydrogen-bond donors (Lipinski definition) is 1. The summed E-state index contributed by atoms with van der Waals surface area (Å²) >= 11 is 1.35. The number of thiazole rings is 1. The molecule has 1 N–H and O–H groups in total. The molecule has 0 aliphatic rings.